The van der Waals surface area contributed by atoms with Crippen LogP contribution in [0.3, 0.4) is 0 Å². The third-order valence-electron chi connectivity index (χ3n) is 4.96. The second-order valence-corrected chi connectivity index (χ2v) is 7.27. The van der Waals surface area contributed by atoms with E-state index >= 15 is 0 Å². The first kappa shape index (κ1) is 15.6. The van der Waals surface area contributed by atoms with Crippen molar-refractivity contribution in [3.05, 3.63) is 35.9 Å². The predicted octanol–water partition coefficient (Wildman–Crippen LogP) is 2.58. The standard InChI is InChI=1S/C17H21NO3S/c1-18-12-8-9-13(18)15(16(19)21-2)14(10-12)22-17(20)11-6-4-3-5-7-11/h3-7,12-15H,8-10H2,1-2H3/t12-,13+,14-,15+/m0/s1. The van der Waals surface area contributed by atoms with E-state index in [4.69, 9.17) is 4.74 Å². The molecule has 0 N–H and O–H groups in total. The van der Waals surface area contributed by atoms with Crippen molar-refractivity contribution < 1.29 is 14.3 Å². The third-order valence-corrected chi connectivity index (χ3v) is 6.19. The SMILES string of the molecule is COC(=O)[C@H]1[C@@H](SC(=O)c2ccccc2)C[C@@H]2CC[C@H]1N2C. The molecule has 0 aliphatic carbocycles. The number of rotatable bonds is 3. The number of thioether (sulfide) groups is 1. The van der Waals surface area contributed by atoms with Gasteiger partial charge in [0.2, 0.25) is 5.12 Å². The van der Waals surface area contributed by atoms with E-state index in [1.54, 1.807) is 0 Å². The van der Waals surface area contributed by atoms with E-state index in [1.165, 1.54) is 18.9 Å². The van der Waals surface area contributed by atoms with Crippen molar-refractivity contribution >= 4 is 22.8 Å². The summed E-state index contributed by atoms with van der Waals surface area (Å²) in [4.78, 5) is 27.0. The fraction of sp³-hybridized carbons (Fsp3) is 0.529. The van der Waals surface area contributed by atoms with Crippen molar-refractivity contribution in [1.29, 1.82) is 0 Å². The van der Waals surface area contributed by atoms with Crippen LogP contribution in [0.4, 0.5) is 0 Å². The van der Waals surface area contributed by atoms with Gasteiger partial charge in [0.25, 0.3) is 0 Å². The van der Waals surface area contributed by atoms with E-state index in [0.29, 0.717) is 11.6 Å². The molecule has 118 valence electrons. The number of methoxy groups -OCH3 is 1. The number of ether oxygens (including phenoxy) is 1. The quantitative estimate of drug-likeness (QED) is 0.801. The van der Waals surface area contributed by atoms with Crippen molar-refractivity contribution in [2.24, 2.45) is 5.92 Å². The maximum absolute atomic E-state index is 12.5. The molecule has 1 aromatic rings. The number of benzene rings is 1. The molecule has 0 amide bonds. The van der Waals surface area contributed by atoms with Crippen molar-refractivity contribution in [3.63, 3.8) is 0 Å². The molecule has 0 unspecified atom stereocenters. The van der Waals surface area contributed by atoms with E-state index in [-0.39, 0.29) is 28.3 Å². The predicted molar refractivity (Wildman–Crippen MR) is 86.8 cm³/mol. The van der Waals surface area contributed by atoms with Crippen LogP contribution in [0.15, 0.2) is 30.3 Å². The van der Waals surface area contributed by atoms with E-state index in [1.807, 2.05) is 30.3 Å². The van der Waals surface area contributed by atoms with Crippen LogP contribution < -0.4 is 0 Å². The Morgan fingerprint density at radius 1 is 1.23 bits per heavy atom. The van der Waals surface area contributed by atoms with Gasteiger partial charge in [-0.15, -0.1) is 0 Å². The van der Waals surface area contributed by atoms with Crippen LogP contribution in [-0.4, -0.2) is 47.5 Å². The number of nitrogens with zero attached hydrogens (tertiary/aromatic N) is 1. The highest BCUT2D eigenvalue weighted by atomic mass is 32.2. The zero-order chi connectivity index (χ0) is 15.7. The van der Waals surface area contributed by atoms with Gasteiger partial charge >= 0.3 is 5.97 Å². The normalized spacial score (nSPS) is 31.0. The lowest BCUT2D eigenvalue weighted by atomic mass is 9.90. The van der Waals surface area contributed by atoms with Crippen LogP contribution in [0, 0.1) is 5.92 Å². The molecule has 2 fully saturated rings. The van der Waals surface area contributed by atoms with Gasteiger partial charge in [-0.2, -0.15) is 0 Å². The zero-order valence-corrected chi connectivity index (χ0v) is 13.7. The molecule has 5 heteroatoms. The molecule has 0 aromatic heterocycles. The van der Waals surface area contributed by atoms with Crippen LogP contribution in [0.2, 0.25) is 0 Å². The van der Waals surface area contributed by atoms with E-state index in [9.17, 15) is 9.59 Å². The molecular formula is C17H21NO3S. The molecule has 22 heavy (non-hydrogen) atoms. The molecule has 2 bridgehead atoms. The van der Waals surface area contributed by atoms with Gasteiger partial charge in [0.15, 0.2) is 0 Å². The van der Waals surface area contributed by atoms with Gasteiger partial charge in [0.1, 0.15) is 0 Å². The van der Waals surface area contributed by atoms with Crippen LogP contribution in [0.25, 0.3) is 0 Å². The second kappa shape index (κ2) is 6.42. The Bertz CT molecular complexity index is 562. The minimum Gasteiger partial charge on any atom is -0.469 e. The molecule has 2 saturated heterocycles. The number of esters is 1. The summed E-state index contributed by atoms with van der Waals surface area (Å²) in [6.45, 7) is 0. The first-order chi connectivity index (χ1) is 10.6. The summed E-state index contributed by atoms with van der Waals surface area (Å²) in [6, 6.07) is 9.96. The second-order valence-electron chi connectivity index (χ2n) is 6.06. The zero-order valence-electron chi connectivity index (χ0n) is 12.9. The number of hydrogen-bond donors (Lipinski definition) is 0. The molecule has 4 nitrogen and oxygen atoms in total. The van der Waals surface area contributed by atoms with Gasteiger partial charge < -0.3 is 4.74 Å². The highest BCUT2D eigenvalue weighted by molar-refractivity contribution is 8.14. The molecule has 1 aromatic carbocycles. The monoisotopic (exact) mass is 319 g/mol. The maximum Gasteiger partial charge on any atom is 0.311 e. The highest BCUT2D eigenvalue weighted by Crippen LogP contribution is 2.44. The Balaban J connectivity index is 1.79. The minimum atomic E-state index is -0.216. The minimum absolute atomic E-state index is 0.00820. The Labute approximate surface area is 135 Å². The van der Waals surface area contributed by atoms with Gasteiger partial charge in [-0.05, 0) is 26.3 Å². The van der Waals surface area contributed by atoms with Crippen LogP contribution >= 0.6 is 11.8 Å². The van der Waals surface area contributed by atoms with Crippen LogP contribution in [-0.2, 0) is 9.53 Å². The summed E-state index contributed by atoms with van der Waals surface area (Å²) < 4.78 is 5.02. The molecule has 2 aliphatic heterocycles. The highest BCUT2D eigenvalue weighted by Gasteiger charge is 2.50. The topological polar surface area (TPSA) is 46.6 Å². The van der Waals surface area contributed by atoms with Gasteiger partial charge in [-0.1, -0.05) is 42.1 Å². The molecule has 0 saturated carbocycles. The third kappa shape index (κ3) is 2.79. The van der Waals surface area contributed by atoms with Crippen LogP contribution in [0.1, 0.15) is 29.6 Å². The lowest BCUT2D eigenvalue weighted by Crippen LogP contribution is -2.51. The van der Waals surface area contributed by atoms with Gasteiger partial charge in [-0.25, -0.2) is 0 Å². The largest absolute Gasteiger partial charge is 0.469 e. The van der Waals surface area contributed by atoms with Crippen LogP contribution in [0.5, 0.6) is 0 Å². The summed E-state index contributed by atoms with van der Waals surface area (Å²) in [5.74, 6) is -0.401. The molecule has 0 spiro atoms. The van der Waals surface area contributed by atoms with Gasteiger partial charge in [0.05, 0.1) is 13.0 Å². The number of carbonyl (C=O) groups excluding carboxylic acids is 2. The van der Waals surface area contributed by atoms with Gasteiger partial charge in [0, 0.05) is 22.9 Å². The smallest absolute Gasteiger partial charge is 0.311 e. The lowest BCUT2D eigenvalue weighted by molar-refractivity contribution is -0.148. The fourth-order valence-electron chi connectivity index (χ4n) is 3.77. The average molecular weight is 319 g/mol. The average Bonchev–Trinajstić information content (AvgIpc) is 2.78. The summed E-state index contributed by atoms with van der Waals surface area (Å²) in [5.41, 5.74) is 0.697. The Morgan fingerprint density at radius 2 is 1.95 bits per heavy atom. The number of carbonyl (C=O) groups is 2. The summed E-state index contributed by atoms with van der Waals surface area (Å²) in [5, 5.41) is 0.0531. The first-order valence-corrected chi connectivity index (χ1v) is 8.55. The van der Waals surface area contributed by atoms with Crippen molar-refractivity contribution in [1.82, 2.24) is 4.90 Å². The lowest BCUT2D eigenvalue weighted by Gasteiger charge is -2.40. The van der Waals surface area contributed by atoms with Gasteiger partial charge in [-0.3, -0.25) is 14.5 Å². The number of hydrogen-bond acceptors (Lipinski definition) is 5. The maximum atomic E-state index is 12.5. The molecule has 2 heterocycles. The Kier molecular flexibility index (Phi) is 4.54. The molecule has 0 radical (unpaired) electrons. The van der Waals surface area contributed by atoms with E-state index in [0.717, 1.165) is 19.3 Å². The summed E-state index contributed by atoms with van der Waals surface area (Å²) in [7, 11) is 3.52. The first-order valence-electron chi connectivity index (χ1n) is 7.67. The molecule has 3 rings (SSSR count). The fourth-order valence-corrected chi connectivity index (χ4v) is 5.07. The molecular weight excluding hydrogens is 298 g/mol. The molecule has 2 aliphatic rings. The summed E-state index contributed by atoms with van der Waals surface area (Å²) in [6.07, 6.45) is 2.98. The summed E-state index contributed by atoms with van der Waals surface area (Å²) >= 11 is 1.31. The van der Waals surface area contributed by atoms with Crippen molar-refractivity contribution in [3.8, 4) is 0 Å². The Morgan fingerprint density at radius 3 is 2.64 bits per heavy atom. The Hall–Kier alpha value is -1.33. The number of piperidine rings is 1. The van der Waals surface area contributed by atoms with E-state index < -0.39 is 0 Å². The van der Waals surface area contributed by atoms with Crippen molar-refractivity contribution in [2.75, 3.05) is 14.2 Å². The van der Waals surface area contributed by atoms with E-state index in [2.05, 4.69) is 11.9 Å². The van der Waals surface area contributed by atoms with Crippen molar-refractivity contribution in [2.45, 2.75) is 36.6 Å². The molecule has 4 atom stereocenters. The number of fused-ring (bicyclic) bond motifs is 2.